The zero-order chi connectivity index (χ0) is 30.1. The first-order chi connectivity index (χ1) is 20.2. The Morgan fingerprint density at radius 1 is 0.610 bits per heavy atom. The molecular weight excluding hydrogens is 506 g/mol. The molecule has 2 atom stereocenters. The first-order valence-corrected chi connectivity index (χ1v) is 17.7. The molecule has 3 N–H and O–H groups in total. The van der Waals surface area contributed by atoms with Gasteiger partial charge >= 0.3 is 0 Å². The summed E-state index contributed by atoms with van der Waals surface area (Å²) < 4.78 is 0. The van der Waals surface area contributed by atoms with E-state index in [4.69, 9.17) is 0 Å². The lowest BCUT2D eigenvalue weighted by atomic mass is 10.0. The van der Waals surface area contributed by atoms with Gasteiger partial charge in [0.25, 0.3) is 0 Å². The minimum atomic E-state index is -0.669. The van der Waals surface area contributed by atoms with Crippen LogP contribution in [0.25, 0.3) is 0 Å². The molecule has 0 aliphatic rings. The van der Waals surface area contributed by atoms with Crippen LogP contribution in [-0.2, 0) is 4.79 Å². The Bertz CT molecular complexity index is 628. The van der Waals surface area contributed by atoms with Crippen molar-refractivity contribution in [2.24, 2.45) is 0 Å². The molecule has 0 aliphatic heterocycles. The van der Waals surface area contributed by atoms with Crippen molar-refractivity contribution in [3.63, 3.8) is 0 Å². The average Bonchev–Trinajstić information content (AvgIpc) is 2.97. The average molecular weight is 576 g/mol. The fourth-order valence-corrected chi connectivity index (χ4v) is 5.20. The first-order valence-electron chi connectivity index (χ1n) is 17.7. The van der Waals surface area contributed by atoms with Crippen molar-refractivity contribution in [3.8, 4) is 0 Å². The molecule has 0 rings (SSSR count). The van der Waals surface area contributed by atoms with E-state index in [1.54, 1.807) is 0 Å². The van der Waals surface area contributed by atoms with Gasteiger partial charge in [-0.2, -0.15) is 0 Å². The fraction of sp³-hybridized carbons (Fsp3) is 0.811. The third kappa shape index (κ3) is 29.9. The lowest BCUT2D eigenvalue weighted by Gasteiger charge is -2.22. The third-order valence-corrected chi connectivity index (χ3v) is 7.92. The van der Waals surface area contributed by atoms with Crippen LogP contribution in [0.1, 0.15) is 174 Å². The highest BCUT2D eigenvalue weighted by molar-refractivity contribution is 5.76. The molecule has 0 aromatic carbocycles. The summed E-state index contributed by atoms with van der Waals surface area (Å²) in [4.78, 5) is 12.3. The van der Waals surface area contributed by atoms with E-state index in [2.05, 4.69) is 55.6 Å². The Kier molecular flexibility index (Phi) is 32.0. The number of allylic oxidation sites excluding steroid dienone is 6. The molecule has 4 nitrogen and oxygen atoms in total. The summed E-state index contributed by atoms with van der Waals surface area (Å²) >= 11 is 0. The van der Waals surface area contributed by atoms with Crippen LogP contribution in [0.15, 0.2) is 36.5 Å². The largest absolute Gasteiger partial charge is 0.394 e. The van der Waals surface area contributed by atoms with Crippen LogP contribution in [0.3, 0.4) is 0 Å². The van der Waals surface area contributed by atoms with Gasteiger partial charge in [0.15, 0.2) is 0 Å². The summed E-state index contributed by atoms with van der Waals surface area (Å²) in [6.45, 7) is 4.22. The van der Waals surface area contributed by atoms with Crippen LogP contribution < -0.4 is 5.32 Å². The molecule has 2 unspecified atom stereocenters. The molecule has 0 saturated heterocycles. The zero-order valence-electron chi connectivity index (χ0n) is 27.3. The van der Waals surface area contributed by atoms with Gasteiger partial charge in [-0.05, 0) is 44.9 Å². The monoisotopic (exact) mass is 576 g/mol. The number of nitrogens with one attached hydrogen (secondary N) is 1. The molecule has 0 fully saturated rings. The van der Waals surface area contributed by atoms with Crippen molar-refractivity contribution in [1.29, 1.82) is 0 Å². The van der Waals surface area contributed by atoms with Gasteiger partial charge in [0, 0.05) is 6.42 Å². The van der Waals surface area contributed by atoms with Gasteiger partial charge in [0.05, 0.1) is 18.8 Å². The minimum absolute atomic E-state index is 0.0622. The summed E-state index contributed by atoms with van der Waals surface area (Å²) in [5.41, 5.74) is 0. The second kappa shape index (κ2) is 33.1. The zero-order valence-corrected chi connectivity index (χ0v) is 27.3. The molecule has 0 radical (unpaired) electrons. The maximum atomic E-state index is 12.3. The van der Waals surface area contributed by atoms with Crippen LogP contribution in [0.4, 0.5) is 0 Å². The summed E-state index contributed by atoms with van der Waals surface area (Å²) in [6, 6.07) is -0.549. The molecule has 0 aliphatic carbocycles. The summed E-state index contributed by atoms with van der Waals surface area (Å²) in [6.07, 6.45) is 42.0. The van der Waals surface area contributed by atoms with Crippen molar-refractivity contribution in [1.82, 2.24) is 5.32 Å². The number of aliphatic hydroxyl groups excluding tert-OH is 2. The number of hydrogen-bond donors (Lipinski definition) is 3. The van der Waals surface area contributed by atoms with Crippen molar-refractivity contribution >= 4 is 5.91 Å². The van der Waals surface area contributed by atoms with Crippen molar-refractivity contribution in [2.75, 3.05) is 6.61 Å². The van der Waals surface area contributed by atoms with Crippen LogP contribution >= 0.6 is 0 Å². The van der Waals surface area contributed by atoms with Crippen molar-refractivity contribution in [3.05, 3.63) is 36.5 Å². The van der Waals surface area contributed by atoms with E-state index >= 15 is 0 Å². The Morgan fingerprint density at radius 3 is 1.59 bits per heavy atom. The maximum Gasteiger partial charge on any atom is 0.220 e. The van der Waals surface area contributed by atoms with Gasteiger partial charge in [0.1, 0.15) is 0 Å². The fourth-order valence-electron chi connectivity index (χ4n) is 5.20. The standard InChI is InChI=1S/C37H69NO3/c1-3-5-7-9-11-13-15-17-18-19-21-22-24-26-28-30-32-36(40)35(34-39)38-37(41)33-31-29-27-25-23-20-16-14-12-10-8-6-4-2/h6,8,12,14,20,23,35-36,39-40H,3-5,7,9-11,13,15-19,21-22,24-34H2,1-2H3,(H,38,41)/b8-6-,14-12-,23-20-. The molecule has 4 heteroatoms. The van der Waals surface area contributed by atoms with E-state index in [0.717, 1.165) is 57.8 Å². The first kappa shape index (κ1) is 39.6. The number of aliphatic hydroxyl groups is 2. The molecule has 0 saturated carbocycles. The Balaban J connectivity index is 3.62. The third-order valence-electron chi connectivity index (χ3n) is 7.92. The van der Waals surface area contributed by atoms with E-state index in [0.29, 0.717) is 12.8 Å². The molecular formula is C37H69NO3. The normalized spacial score (nSPS) is 13.6. The number of rotatable bonds is 31. The lowest BCUT2D eigenvalue weighted by Crippen LogP contribution is -2.45. The SMILES string of the molecule is CC/C=C\C/C=C\C/C=C\CCCCCC(=O)NC(CO)C(O)CCCCCCCCCCCCCCCCCC. The molecule has 0 spiro atoms. The van der Waals surface area contributed by atoms with E-state index in [1.165, 1.54) is 89.9 Å². The maximum absolute atomic E-state index is 12.3. The van der Waals surface area contributed by atoms with E-state index in [1.807, 2.05) is 0 Å². The van der Waals surface area contributed by atoms with Gasteiger partial charge in [-0.1, -0.05) is 159 Å². The number of hydrogen-bond acceptors (Lipinski definition) is 3. The van der Waals surface area contributed by atoms with Crippen LogP contribution in [0.2, 0.25) is 0 Å². The Morgan fingerprint density at radius 2 is 1.07 bits per heavy atom. The number of carbonyl (C=O) groups excluding carboxylic acids is 1. The van der Waals surface area contributed by atoms with Gasteiger partial charge in [0.2, 0.25) is 5.91 Å². The molecule has 1 amide bonds. The van der Waals surface area contributed by atoms with Gasteiger partial charge in [-0.3, -0.25) is 4.79 Å². The van der Waals surface area contributed by atoms with Crippen molar-refractivity contribution < 1.29 is 15.0 Å². The van der Waals surface area contributed by atoms with Crippen molar-refractivity contribution in [2.45, 2.75) is 187 Å². The Hall–Kier alpha value is -1.39. The molecule has 240 valence electrons. The van der Waals surface area contributed by atoms with Gasteiger partial charge < -0.3 is 15.5 Å². The van der Waals surface area contributed by atoms with E-state index < -0.39 is 12.1 Å². The molecule has 0 aromatic heterocycles. The lowest BCUT2D eigenvalue weighted by molar-refractivity contribution is -0.123. The number of unbranched alkanes of at least 4 members (excludes halogenated alkanes) is 18. The quantitative estimate of drug-likeness (QED) is 0.0569. The molecule has 0 heterocycles. The predicted octanol–water partition coefficient (Wildman–Crippen LogP) is 10.3. The van der Waals surface area contributed by atoms with E-state index in [9.17, 15) is 15.0 Å². The minimum Gasteiger partial charge on any atom is -0.394 e. The molecule has 0 aromatic rings. The van der Waals surface area contributed by atoms with E-state index in [-0.39, 0.29) is 12.5 Å². The van der Waals surface area contributed by atoms with Gasteiger partial charge in [-0.25, -0.2) is 0 Å². The van der Waals surface area contributed by atoms with Crippen LogP contribution in [0.5, 0.6) is 0 Å². The van der Waals surface area contributed by atoms with Crippen LogP contribution in [0, 0.1) is 0 Å². The smallest absolute Gasteiger partial charge is 0.220 e. The van der Waals surface area contributed by atoms with Gasteiger partial charge in [-0.15, -0.1) is 0 Å². The number of carbonyl (C=O) groups is 1. The second-order valence-corrected chi connectivity index (χ2v) is 11.9. The predicted molar refractivity (Wildman–Crippen MR) is 179 cm³/mol. The molecule has 0 bridgehead atoms. The molecule has 41 heavy (non-hydrogen) atoms. The highest BCUT2D eigenvalue weighted by atomic mass is 16.3. The summed E-state index contributed by atoms with van der Waals surface area (Å²) in [5.74, 6) is -0.0622. The Labute approximate surface area is 255 Å². The number of amides is 1. The summed E-state index contributed by atoms with van der Waals surface area (Å²) in [7, 11) is 0. The summed E-state index contributed by atoms with van der Waals surface area (Å²) in [5, 5.41) is 23.0. The topological polar surface area (TPSA) is 69.6 Å². The second-order valence-electron chi connectivity index (χ2n) is 11.9. The highest BCUT2D eigenvalue weighted by Gasteiger charge is 2.19. The highest BCUT2D eigenvalue weighted by Crippen LogP contribution is 2.15. The van der Waals surface area contributed by atoms with Crippen LogP contribution in [-0.4, -0.2) is 34.9 Å².